The van der Waals surface area contributed by atoms with Gasteiger partial charge in [-0.2, -0.15) is 13.2 Å². The van der Waals surface area contributed by atoms with E-state index >= 15 is 0 Å². The summed E-state index contributed by atoms with van der Waals surface area (Å²) < 4.78 is 35.5. The second-order valence-corrected chi connectivity index (χ2v) is 4.39. The summed E-state index contributed by atoms with van der Waals surface area (Å²) in [5.74, 6) is -1.01. The molecule has 1 unspecified atom stereocenters. The Morgan fingerprint density at radius 2 is 2.20 bits per heavy atom. The molecule has 15 heavy (non-hydrogen) atoms. The van der Waals surface area contributed by atoms with Crippen LogP contribution in [0, 0.1) is 0 Å². The average molecular weight is 242 g/mol. The summed E-state index contributed by atoms with van der Waals surface area (Å²) in [5, 5.41) is 0. The van der Waals surface area contributed by atoms with E-state index in [0.29, 0.717) is 13.1 Å². The van der Waals surface area contributed by atoms with Crippen LogP contribution in [0.2, 0.25) is 0 Å². The van der Waals surface area contributed by atoms with Gasteiger partial charge in [0.15, 0.2) is 0 Å². The largest absolute Gasteiger partial charge is 0.442 e. The first-order chi connectivity index (χ1) is 6.94. The Labute approximate surface area is 90.2 Å². The van der Waals surface area contributed by atoms with Gasteiger partial charge in [-0.05, 0) is 24.6 Å². The first-order valence-electron chi connectivity index (χ1n) is 4.64. The molecule has 1 aliphatic rings. The zero-order chi connectivity index (χ0) is 11.5. The number of carbonyl (C=O) groups is 1. The van der Waals surface area contributed by atoms with Crippen molar-refractivity contribution in [2.75, 3.05) is 18.8 Å². The van der Waals surface area contributed by atoms with Gasteiger partial charge in [0.25, 0.3) is 0 Å². The van der Waals surface area contributed by atoms with E-state index in [2.05, 4.69) is 0 Å². The predicted molar refractivity (Wildman–Crippen MR) is 52.3 cm³/mol. The van der Waals surface area contributed by atoms with Gasteiger partial charge >= 0.3 is 5.51 Å². The minimum absolute atomic E-state index is 0.0775. The fraction of sp³-hybridized carbons (Fsp3) is 0.875. The second kappa shape index (κ2) is 5.07. The number of halogens is 3. The molecule has 0 radical (unpaired) electrons. The van der Waals surface area contributed by atoms with Gasteiger partial charge < -0.3 is 10.6 Å². The molecule has 1 saturated heterocycles. The quantitative estimate of drug-likeness (QED) is 0.808. The predicted octanol–water partition coefficient (Wildman–Crippen LogP) is 1.19. The Bertz CT molecular complexity index is 234. The molecule has 0 aromatic carbocycles. The molecule has 2 N–H and O–H groups in total. The van der Waals surface area contributed by atoms with Crippen molar-refractivity contribution in [3.8, 4) is 0 Å². The summed E-state index contributed by atoms with van der Waals surface area (Å²) in [6.45, 7) is 0.849. The van der Waals surface area contributed by atoms with E-state index in [9.17, 15) is 18.0 Å². The number of rotatable bonds is 3. The van der Waals surface area contributed by atoms with Crippen LogP contribution in [0.5, 0.6) is 0 Å². The normalized spacial score (nSPS) is 22.1. The lowest BCUT2D eigenvalue weighted by molar-refractivity contribution is -0.129. The Morgan fingerprint density at radius 1 is 1.53 bits per heavy atom. The van der Waals surface area contributed by atoms with Crippen LogP contribution in [0.15, 0.2) is 0 Å². The van der Waals surface area contributed by atoms with Gasteiger partial charge in [0.05, 0.1) is 5.75 Å². The third-order valence-corrected chi connectivity index (χ3v) is 3.05. The Hall–Kier alpha value is -0.430. The number of amides is 1. The summed E-state index contributed by atoms with van der Waals surface area (Å²) in [6, 6.07) is -0.0775. The zero-order valence-corrected chi connectivity index (χ0v) is 8.90. The molecule has 3 nitrogen and oxygen atoms in total. The highest BCUT2D eigenvalue weighted by atomic mass is 32.2. The Balaban J connectivity index is 2.40. The van der Waals surface area contributed by atoms with Crippen LogP contribution in [-0.2, 0) is 4.79 Å². The van der Waals surface area contributed by atoms with Crippen molar-refractivity contribution in [2.24, 2.45) is 5.73 Å². The van der Waals surface area contributed by atoms with Crippen LogP contribution >= 0.6 is 11.8 Å². The highest BCUT2D eigenvalue weighted by Crippen LogP contribution is 2.30. The standard InChI is InChI=1S/C8H13F3N2OS/c9-8(10,11)15-5-7(14)13-3-1-2-6(13)4-12/h6H,1-5,12H2. The van der Waals surface area contributed by atoms with E-state index in [1.807, 2.05) is 0 Å². The minimum Gasteiger partial charge on any atom is -0.338 e. The molecule has 1 fully saturated rings. The maximum Gasteiger partial charge on any atom is 0.442 e. The van der Waals surface area contributed by atoms with Gasteiger partial charge in [0.1, 0.15) is 0 Å². The lowest BCUT2D eigenvalue weighted by Crippen LogP contribution is -2.41. The topological polar surface area (TPSA) is 46.3 Å². The molecule has 88 valence electrons. The molecule has 0 aromatic heterocycles. The number of hydrogen-bond donors (Lipinski definition) is 1. The summed E-state index contributed by atoms with van der Waals surface area (Å²) in [7, 11) is 0. The van der Waals surface area contributed by atoms with Crippen molar-refractivity contribution in [1.29, 1.82) is 0 Å². The van der Waals surface area contributed by atoms with Crippen molar-refractivity contribution >= 4 is 17.7 Å². The van der Waals surface area contributed by atoms with Gasteiger partial charge in [-0.1, -0.05) is 0 Å². The summed E-state index contributed by atoms with van der Waals surface area (Å²) in [4.78, 5) is 12.9. The molecule has 1 amide bonds. The fourth-order valence-corrected chi connectivity index (χ4v) is 2.09. The number of likely N-dealkylation sites (tertiary alicyclic amines) is 1. The summed E-state index contributed by atoms with van der Waals surface area (Å²) >= 11 is -0.291. The van der Waals surface area contributed by atoms with Crippen LogP contribution in [0.25, 0.3) is 0 Å². The molecule has 0 saturated carbocycles. The van der Waals surface area contributed by atoms with Crippen molar-refractivity contribution < 1.29 is 18.0 Å². The van der Waals surface area contributed by atoms with Gasteiger partial charge in [-0.15, -0.1) is 0 Å². The number of carbonyl (C=O) groups excluding carboxylic acids is 1. The maximum atomic E-state index is 11.8. The van der Waals surface area contributed by atoms with E-state index in [1.54, 1.807) is 0 Å². The number of nitrogens with zero attached hydrogens (tertiary/aromatic N) is 1. The second-order valence-electron chi connectivity index (χ2n) is 3.35. The molecule has 0 aromatic rings. The molecule has 1 aliphatic heterocycles. The zero-order valence-electron chi connectivity index (χ0n) is 8.09. The first kappa shape index (κ1) is 12.6. The lowest BCUT2D eigenvalue weighted by atomic mass is 10.2. The number of hydrogen-bond acceptors (Lipinski definition) is 3. The number of thioether (sulfide) groups is 1. The van der Waals surface area contributed by atoms with Crippen LogP contribution in [0.3, 0.4) is 0 Å². The summed E-state index contributed by atoms with van der Waals surface area (Å²) in [6.07, 6.45) is 1.61. The molecule has 0 spiro atoms. The van der Waals surface area contributed by atoms with Crippen molar-refractivity contribution in [1.82, 2.24) is 4.90 Å². The van der Waals surface area contributed by atoms with Crippen molar-refractivity contribution in [3.05, 3.63) is 0 Å². The molecule has 1 heterocycles. The molecule has 7 heteroatoms. The van der Waals surface area contributed by atoms with Gasteiger partial charge in [0.2, 0.25) is 5.91 Å². The Morgan fingerprint density at radius 3 is 2.73 bits per heavy atom. The van der Waals surface area contributed by atoms with Crippen molar-refractivity contribution in [2.45, 2.75) is 24.4 Å². The summed E-state index contributed by atoms with van der Waals surface area (Å²) in [5.41, 5.74) is 1.08. The van der Waals surface area contributed by atoms with Crippen LogP contribution in [-0.4, -0.2) is 41.2 Å². The third kappa shape index (κ3) is 3.90. The van der Waals surface area contributed by atoms with Crippen LogP contribution in [0.4, 0.5) is 13.2 Å². The minimum atomic E-state index is -4.34. The van der Waals surface area contributed by atoms with Crippen LogP contribution in [0.1, 0.15) is 12.8 Å². The third-order valence-electron chi connectivity index (χ3n) is 2.33. The van der Waals surface area contributed by atoms with E-state index < -0.39 is 17.2 Å². The monoisotopic (exact) mass is 242 g/mol. The highest BCUT2D eigenvalue weighted by molar-refractivity contribution is 8.00. The molecule has 0 bridgehead atoms. The van der Waals surface area contributed by atoms with E-state index in [0.717, 1.165) is 12.8 Å². The van der Waals surface area contributed by atoms with Gasteiger partial charge in [-0.25, -0.2) is 0 Å². The molecular weight excluding hydrogens is 229 g/mol. The highest BCUT2D eigenvalue weighted by Gasteiger charge is 2.33. The van der Waals surface area contributed by atoms with Crippen molar-refractivity contribution in [3.63, 3.8) is 0 Å². The molecule has 1 rings (SSSR count). The average Bonchev–Trinajstić information content (AvgIpc) is 2.60. The smallest absolute Gasteiger partial charge is 0.338 e. The van der Waals surface area contributed by atoms with Gasteiger partial charge in [-0.3, -0.25) is 4.79 Å². The molecule has 1 atom stereocenters. The lowest BCUT2D eigenvalue weighted by Gasteiger charge is -2.23. The van der Waals surface area contributed by atoms with E-state index in [4.69, 9.17) is 5.73 Å². The van der Waals surface area contributed by atoms with E-state index in [1.165, 1.54) is 4.90 Å². The SMILES string of the molecule is NCC1CCCN1C(=O)CSC(F)(F)F. The number of alkyl halides is 3. The Kier molecular flexibility index (Phi) is 4.27. The number of nitrogens with two attached hydrogens (primary N) is 1. The first-order valence-corrected chi connectivity index (χ1v) is 5.63. The van der Waals surface area contributed by atoms with Crippen LogP contribution < -0.4 is 5.73 Å². The fourth-order valence-electron chi connectivity index (χ4n) is 1.64. The molecular formula is C8H13F3N2OS. The maximum absolute atomic E-state index is 11.8. The van der Waals surface area contributed by atoms with Gasteiger partial charge in [0, 0.05) is 19.1 Å². The molecule has 0 aliphatic carbocycles. The van der Waals surface area contributed by atoms with E-state index in [-0.39, 0.29) is 17.8 Å².